The maximum Gasteiger partial charge on any atom is 0.294 e. The van der Waals surface area contributed by atoms with E-state index in [0.717, 1.165) is 18.4 Å². The lowest BCUT2D eigenvalue weighted by Gasteiger charge is -2.47. The van der Waals surface area contributed by atoms with E-state index >= 15 is 0 Å². The van der Waals surface area contributed by atoms with E-state index in [1.165, 1.54) is 32.1 Å². The Hall–Kier alpha value is -0.940. The fourth-order valence-corrected chi connectivity index (χ4v) is 3.79. The molecule has 1 aromatic carbocycles. The topological polar surface area (TPSA) is 36.9 Å². The zero-order valence-electron chi connectivity index (χ0n) is 17.4. The average molecular weight is 367 g/mol. The lowest BCUT2D eigenvalue weighted by molar-refractivity contribution is -0.393. The van der Waals surface area contributed by atoms with Crippen molar-refractivity contribution >= 4 is 0 Å². The summed E-state index contributed by atoms with van der Waals surface area (Å²) in [7, 11) is 4.91. The van der Waals surface area contributed by atoms with Gasteiger partial charge in [-0.1, -0.05) is 75.8 Å². The highest BCUT2D eigenvalue weighted by molar-refractivity contribution is 5.28. The molecule has 4 heteroatoms. The number of ether oxygens (including phenoxy) is 4. The van der Waals surface area contributed by atoms with Gasteiger partial charge in [-0.05, 0) is 18.9 Å². The Balaban J connectivity index is 3.14. The van der Waals surface area contributed by atoms with Gasteiger partial charge in [0.1, 0.15) is 5.41 Å². The molecule has 0 bridgehead atoms. The van der Waals surface area contributed by atoms with Crippen LogP contribution in [0.1, 0.15) is 64.4 Å². The molecule has 0 saturated heterocycles. The summed E-state index contributed by atoms with van der Waals surface area (Å²) in [5.74, 6) is -1.19. The van der Waals surface area contributed by atoms with Gasteiger partial charge in [0.15, 0.2) is 0 Å². The maximum atomic E-state index is 5.92. The van der Waals surface area contributed by atoms with Gasteiger partial charge < -0.3 is 18.9 Å². The van der Waals surface area contributed by atoms with E-state index in [4.69, 9.17) is 18.9 Å². The van der Waals surface area contributed by atoms with Crippen LogP contribution in [0.15, 0.2) is 30.3 Å². The van der Waals surface area contributed by atoms with Crippen LogP contribution < -0.4 is 0 Å². The van der Waals surface area contributed by atoms with Crippen molar-refractivity contribution in [2.24, 2.45) is 0 Å². The molecule has 1 aromatic rings. The second-order valence-corrected chi connectivity index (χ2v) is 6.77. The Morgan fingerprint density at radius 2 is 1.35 bits per heavy atom. The number of unbranched alkanes of at least 4 members (excludes halogenated alkanes) is 5. The molecule has 0 spiro atoms. The average Bonchev–Trinajstić information content (AvgIpc) is 2.70. The second kappa shape index (κ2) is 12.4. The summed E-state index contributed by atoms with van der Waals surface area (Å²) in [5.41, 5.74) is 0.584. The summed E-state index contributed by atoms with van der Waals surface area (Å²) < 4.78 is 23.4. The molecule has 150 valence electrons. The smallest absolute Gasteiger partial charge is 0.294 e. The fraction of sp³-hybridized carbons (Fsp3) is 0.727. The van der Waals surface area contributed by atoms with E-state index in [9.17, 15) is 0 Å². The Morgan fingerprint density at radius 3 is 1.88 bits per heavy atom. The number of hydrogen-bond donors (Lipinski definition) is 0. The van der Waals surface area contributed by atoms with Crippen molar-refractivity contribution in [3.05, 3.63) is 35.9 Å². The lowest BCUT2D eigenvalue weighted by atomic mass is 9.74. The number of benzene rings is 1. The van der Waals surface area contributed by atoms with Crippen LogP contribution >= 0.6 is 0 Å². The van der Waals surface area contributed by atoms with Crippen molar-refractivity contribution in [1.29, 1.82) is 0 Å². The molecule has 0 aliphatic rings. The van der Waals surface area contributed by atoms with Crippen LogP contribution in [0.5, 0.6) is 0 Å². The van der Waals surface area contributed by atoms with Crippen molar-refractivity contribution in [3.63, 3.8) is 0 Å². The first-order chi connectivity index (χ1) is 12.7. The first-order valence-electron chi connectivity index (χ1n) is 9.95. The minimum absolute atomic E-state index is 0.484. The molecule has 1 unspecified atom stereocenters. The SMILES string of the molecule is CCCCCCCCC(COCC)(c1ccccc1)C(OC)(OC)OC. The molecule has 0 saturated carbocycles. The molecule has 0 aliphatic heterocycles. The molecule has 0 aromatic heterocycles. The summed E-state index contributed by atoms with van der Waals surface area (Å²) >= 11 is 0. The normalized spacial score (nSPS) is 14.3. The van der Waals surface area contributed by atoms with E-state index in [2.05, 4.69) is 19.1 Å². The minimum Gasteiger partial charge on any atom is -0.380 e. The summed E-state index contributed by atoms with van der Waals surface area (Å²) in [6.45, 7) is 5.37. The van der Waals surface area contributed by atoms with Gasteiger partial charge >= 0.3 is 0 Å². The van der Waals surface area contributed by atoms with Crippen LogP contribution in [-0.2, 0) is 24.4 Å². The molecular formula is C22H38O4. The van der Waals surface area contributed by atoms with Gasteiger partial charge in [0.2, 0.25) is 0 Å². The minimum atomic E-state index is -1.19. The third kappa shape index (κ3) is 5.53. The highest BCUT2D eigenvalue weighted by Crippen LogP contribution is 2.44. The van der Waals surface area contributed by atoms with Gasteiger partial charge in [-0.3, -0.25) is 0 Å². The highest BCUT2D eigenvalue weighted by Gasteiger charge is 2.55. The maximum absolute atomic E-state index is 5.92. The van der Waals surface area contributed by atoms with Gasteiger partial charge in [0.25, 0.3) is 5.97 Å². The van der Waals surface area contributed by atoms with Crippen molar-refractivity contribution in [3.8, 4) is 0 Å². The molecule has 0 fully saturated rings. The van der Waals surface area contributed by atoms with E-state index < -0.39 is 11.4 Å². The number of hydrogen-bond acceptors (Lipinski definition) is 4. The monoisotopic (exact) mass is 366 g/mol. The Morgan fingerprint density at radius 1 is 0.769 bits per heavy atom. The van der Waals surface area contributed by atoms with Crippen LogP contribution in [0, 0.1) is 0 Å². The van der Waals surface area contributed by atoms with Gasteiger partial charge in [-0.15, -0.1) is 0 Å². The number of rotatable bonds is 15. The summed E-state index contributed by atoms with van der Waals surface area (Å²) in [6, 6.07) is 10.3. The van der Waals surface area contributed by atoms with E-state index in [0.29, 0.717) is 13.2 Å². The van der Waals surface area contributed by atoms with E-state index in [1.54, 1.807) is 21.3 Å². The molecule has 0 N–H and O–H groups in total. The van der Waals surface area contributed by atoms with Crippen LogP contribution in [0.4, 0.5) is 0 Å². The van der Waals surface area contributed by atoms with E-state index in [-0.39, 0.29) is 0 Å². The lowest BCUT2D eigenvalue weighted by Crippen LogP contribution is -2.58. The van der Waals surface area contributed by atoms with Crippen LogP contribution in [-0.4, -0.2) is 40.5 Å². The van der Waals surface area contributed by atoms with Crippen LogP contribution in [0.25, 0.3) is 0 Å². The van der Waals surface area contributed by atoms with Crippen LogP contribution in [0.3, 0.4) is 0 Å². The summed E-state index contributed by atoms with van der Waals surface area (Å²) in [5, 5.41) is 0. The zero-order chi connectivity index (χ0) is 19.3. The molecule has 4 nitrogen and oxygen atoms in total. The number of methoxy groups -OCH3 is 3. The van der Waals surface area contributed by atoms with Gasteiger partial charge in [0, 0.05) is 27.9 Å². The Labute approximate surface area is 160 Å². The second-order valence-electron chi connectivity index (χ2n) is 6.77. The van der Waals surface area contributed by atoms with Gasteiger partial charge in [-0.25, -0.2) is 0 Å². The Kier molecular flexibility index (Phi) is 11.1. The molecular weight excluding hydrogens is 328 g/mol. The molecule has 26 heavy (non-hydrogen) atoms. The molecule has 0 amide bonds. The Bertz CT molecular complexity index is 450. The first kappa shape index (κ1) is 23.1. The van der Waals surface area contributed by atoms with Crippen molar-refractivity contribution in [1.82, 2.24) is 0 Å². The van der Waals surface area contributed by atoms with Crippen molar-refractivity contribution < 1.29 is 18.9 Å². The van der Waals surface area contributed by atoms with Gasteiger partial charge in [-0.2, -0.15) is 0 Å². The van der Waals surface area contributed by atoms with Crippen molar-refractivity contribution in [2.75, 3.05) is 34.5 Å². The molecule has 0 aliphatic carbocycles. The predicted molar refractivity (Wildman–Crippen MR) is 106 cm³/mol. The predicted octanol–water partition coefficient (Wildman–Crippen LogP) is 5.30. The molecule has 1 atom stereocenters. The molecule has 0 radical (unpaired) electrons. The zero-order valence-corrected chi connectivity index (χ0v) is 17.4. The molecule has 0 heterocycles. The standard InChI is InChI=1S/C22H38O4/c1-6-8-9-10-11-15-18-21(19-26-7-2,20-16-13-12-14-17-20)22(23-3,24-4)25-5/h12-14,16-17H,6-11,15,18-19H2,1-5H3. The van der Waals surface area contributed by atoms with E-state index in [1.807, 2.05) is 25.1 Å². The van der Waals surface area contributed by atoms with Crippen LogP contribution in [0.2, 0.25) is 0 Å². The summed E-state index contributed by atoms with van der Waals surface area (Å²) in [4.78, 5) is 0. The largest absolute Gasteiger partial charge is 0.380 e. The fourth-order valence-electron chi connectivity index (χ4n) is 3.79. The third-order valence-corrected chi connectivity index (χ3v) is 5.23. The quantitative estimate of drug-likeness (QED) is 0.312. The van der Waals surface area contributed by atoms with Crippen molar-refractivity contribution in [2.45, 2.75) is 70.2 Å². The first-order valence-corrected chi connectivity index (χ1v) is 9.95. The third-order valence-electron chi connectivity index (χ3n) is 5.23. The summed E-state index contributed by atoms with van der Waals surface area (Å²) in [6.07, 6.45) is 8.26. The molecule has 1 rings (SSSR count). The highest BCUT2D eigenvalue weighted by atomic mass is 16.9. The van der Waals surface area contributed by atoms with Gasteiger partial charge in [0.05, 0.1) is 6.61 Å².